The summed E-state index contributed by atoms with van der Waals surface area (Å²) in [5.74, 6) is 0.216. The van der Waals surface area contributed by atoms with Gasteiger partial charge in [-0.2, -0.15) is 0 Å². The van der Waals surface area contributed by atoms with Crippen molar-refractivity contribution in [1.29, 1.82) is 0 Å². The standard InChI is InChI=1S/C23H29N3O5/c1-4-31-22-14-19(20(26(28)29)15-21(22)30-3)23(27)25-11-7-10-24(12-13-25)16-18-9-6-5-8-17(18)2/h5-6,8-9,14-15H,4,7,10-13,16H2,1-3H3. The number of carbonyl (C=O) groups is 1. The number of nitrogens with zero attached hydrogens (tertiary/aromatic N) is 3. The van der Waals surface area contributed by atoms with Gasteiger partial charge in [0.15, 0.2) is 11.5 Å². The molecule has 0 aromatic heterocycles. The normalized spacial score (nSPS) is 14.7. The van der Waals surface area contributed by atoms with Crippen molar-refractivity contribution in [2.45, 2.75) is 26.8 Å². The Morgan fingerprint density at radius 2 is 1.90 bits per heavy atom. The molecule has 31 heavy (non-hydrogen) atoms. The first-order valence-corrected chi connectivity index (χ1v) is 10.5. The van der Waals surface area contributed by atoms with Gasteiger partial charge in [0.1, 0.15) is 5.56 Å². The van der Waals surface area contributed by atoms with Gasteiger partial charge in [-0.05, 0) is 31.4 Å². The first-order chi connectivity index (χ1) is 14.9. The van der Waals surface area contributed by atoms with Crippen LogP contribution in [0, 0.1) is 17.0 Å². The summed E-state index contributed by atoms with van der Waals surface area (Å²) in [6.07, 6.45) is 0.805. The summed E-state index contributed by atoms with van der Waals surface area (Å²) >= 11 is 0. The fraction of sp³-hybridized carbons (Fsp3) is 0.435. The van der Waals surface area contributed by atoms with Gasteiger partial charge in [0.05, 0.1) is 24.7 Å². The van der Waals surface area contributed by atoms with Gasteiger partial charge in [0, 0.05) is 38.8 Å². The van der Waals surface area contributed by atoms with Gasteiger partial charge in [-0.25, -0.2) is 0 Å². The predicted octanol–water partition coefficient (Wildman–Crippen LogP) is 3.66. The van der Waals surface area contributed by atoms with Crippen LogP contribution in [-0.2, 0) is 6.54 Å². The van der Waals surface area contributed by atoms with E-state index in [1.54, 1.807) is 11.8 Å². The summed E-state index contributed by atoms with van der Waals surface area (Å²) in [5, 5.41) is 11.6. The Morgan fingerprint density at radius 1 is 1.13 bits per heavy atom. The van der Waals surface area contributed by atoms with Crippen molar-refractivity contribution in [3.05, 3.63) is 63.2 Å². The summed E-state index contributed by atoms with van der Waals surface area (Å²) in [6, 6.07) is 11.0. The van der Waals surface area contributed by atoms with Gasteiger partial charge < -0.3 is 14.4 Å². The molecule has 8 nitrogen and oxygen atoms in total. The number of hydrogen-bond acceptors (Lipinski definition) is 6. The molecule has 3 rings (SSSR count). The van der Waals surface area contributed by atoms with Crippen LogP contribution in [0.5, 0.6) is 11.5 Å². The van der Waals surface area contributed by atoms with Gasteiger partial charge in [-0.15, -0.1) is 0 Å². The molecular weight excluding hydrogens is 398 g/mol. The first kappa shape index (κ1) is 22.6. The zero-order chi connectivity index (χ0) is 22.4. The smallest absolute Gasteiger partial charge is 0.286 e. The highest BCUT2D eigenvalue weighted by Gasteiger charge is 2.29. The van der Waals surface area contributed by atoms with Gasteiger partial charge >= 0.3 is 0 Å². The zero-order valence-electron chi connectivity index (χ0n) is 18.3. The summed E-state index contributed by atoms with van der Waals surface area (Å²) in [6.45, 7) is 7.73. The first-order valence-electron chi connectivity index (χ1n) is 10.5. The molecule has 1 fully saturated rings. The van der Waals surface area contributed by atoms with Gasteiger partial charge in [-0.3, -0.25) is 19.8 Å². The van der Waals surface area contributed by atoms with Crippen LogP contribution in [0.25, 0.3) is 0 Å². The van der Waals surface area contributed by atoms with Crippen molar-refractivity contribution in [3.63, 3.8) is 0 Å². The van der Waals surface area contributed by atoms with Crippen LogP contribution >= 0.6 is 0 Å². The number of ether oxygens (including phenoxy) is 2. The SMILES string of the molecule is CCOc1cc(C(=O)N2CCCN(Cc3ccccc3C)CC2)c([N+](=O)[O-])cc1OC. The molecular formula is C23H29N3O5. The number of nitro groups is 1. The van der Waals surface area contributed by atoms with E-state index in [1.165, 1.54) is 30.4 Å². The minimum Gasteiger partial charge on any atom is -0.493 e. The zero-order valence-corrected chi connectivity index (χ0v) is 18.3. The maximum Gasteiger partial charge on any atom is 0.286 e. The quantitative estimate of drug-likeness (QED) is 0.495. The molecule has 1 saturated heterocycles. The second-order valence-electron chi connectivity index (χ2n) is 7.56. The third-order valence-electron chi connectivity index (χ3n) is 5.54. The number of carbonyl (C=O) groups excluding carboxylic acids is 1. The molecule has 0 bridgehead atoms. The highest BCUT2D eigenvalue weighted by molar-refractivity contribution is 5.99. The molecule has 0 aliphatic carbocycles. The molecule has 0 radical (unpaired) electrons. The summed E-state index contributed by atoms with van der Waals surface area (Å²) in [4.78, 5) is 28.4. The molecule has 1 aliphatic rings. The van der Waals surface area contributed by atoms with E-state index >= 15 is 0 Å². The Bertz CT molecular complexity index is 947. The van der Waals surface area contributed by atoms with Crippen molar-refractivity contribution < 1.29 is 19.2 Å². The Kier molecular flexibility index (Phi) is 7.46. The van der Waals surface area contributed by atoms with Crippen LogP contribution in [0.2, 0.25) is 0 Å². The van der Waals surface area contributed by atoms with E-state index in [2.05, 4.69) is 24.0 Å². The molecule has 2 aromatic rings. The van der Waals surface area contributed by atoms with E-state index < -0.39 is 4.92 Å². The lowest BCUT2D eigenvalue weighted by Gasteiger charge is -2.23. The number of rotatable bonds is 7. The third-order valence-corrected chi connectivity index (χ3v) is 5.54. The highest BCUT2D eigenvalue weighted by Crippen LogP contribution is 2.35. The number of aryl methyl sites for hydroxylation is 1. The van der Waals surface area contributed by atoms with Crippen LogP contribution in [0.4, 0.5) is 5.69 Å². The summed E-state index contributed by atoms with van der Waals surface area (Å²) < 4.78 is 10.7. The molecule has 0 N–H and O–H groups in total. The van der Waals surface area contributed by atoms with Crippen molar-refractivity contribution >= 4 is 11.6 Å². The fourth-order valence-corrected chi connectivity index (χ4v) is 3.83. The average molecular weight is 428 g/mol. The molecule has 0 saturated carbocycles. The Hall–Kier alpha value is -3.13. The lowest BCUT2D eigenvalue weighted by Crippen LogP contribution is -2.35. The third kappa shape index (κ3) is 5.32. The minimum absolute atomic E-state index is 0.0293. The van der Waals surface area contributed by atoms with Crippen LogP contribution in [0.3, 0.4) is 0 Å². The van der Waals surface area contributed by atoms with Gasteiger partial charge in [0.25, 0.3) is 11.6 Å². The molecule has 2 aromatic carbocycles. The number of hydrogen-bond donors (Lipinski definition) is 0. The predicted molar refractivity (Wildman–Crippen MR) is 118 cm³/mol. The minimum atomic E-state index is -0.548. The largest absolute Gasteiger partial charge is 0.493 e. The van der Waals surface area contributed by atoms with Gasteiger partial charge in [0.2, 0.25) is 0 Å². The highest BCUT2D eigenvalue weighted by atomic mass is 16.6. The maximum absolute atomic E-state index is 13.3. The van der Waals surface area contributed by atoms with Crippen LogP contribution in [0.1, 0.15) is 34.8 Å². The Morgan fingerprint density at radius 3 is 2.58 bits per heavy atom. The average Bonchev–Trinajstić information content (AvgIpc) is 3.00. The molecule has 0 atom stereocenters. The van der Waals surface area contributed by atoms with E-state index in [0.29, 0.717) is 32.0 Å². The lowest BCUT2D eigenvalue weighted by atomic mass is 10.1. The topological polar surface area (TPSA) is 85.2 Å². The van der Waals surface area contributed by atoms with Crippen molar-refractivity contribution in [1.82, 2.24) is 9.80 Å². The molecule has 166 valence electrons. The van der Waals surface area contributed by atoms with Gasteiger partial charge in [-0.1, -0.05) is 24.3 Å². The molecule has 1 amide bonds. The van der Waals surface area contributed by atoms with Crippen molar-refractivity contribution in [3.8, 4) is 11.5 Å². The van der Waals surface area contributed by atoms with E-state index in [9.17, 15) is 14.9 Å². The monoisotopic (exact) mass is 427 g/mol. The Balaban J connectivity index is 1.79. The van der Waals surface area contributed by atoms with E-state index in [1.807, 2.05) is 12.1 Å². The molecule has 1 aliphatic heterocycles. The Labute approximate surface area is 182 Å². The second kappa shape index (κ2) is 10.3. The van der Waals surface area contributed by atoms with Crippen molar-refractivity contribution in [2.75, 3.05) is 39.9 Å². The lowest BCUT2D eigenvalue weighted by molar-refractivity contribution is -0.385. The molecule has 0 spiro atoms. The summed E-state index contributed by atoms with van der Waals surface area (Å²) in [7, 11) is 1.42. The van der Waals surface area contributed by atoms with E-state index in [0.717, 1.165) is 19.5 Å². The number of amides is 1. The van der Waals surface area contributed by atoms with Crippen LogP contribution < -0.4 is 9.47 Å². The maximum atomic E-state index is 13.3. The van der Waals surface area contributed by atoms with Crippen LogP contribution in [-0.4, -0.2) is 60.5 Å². The van der Waals surface area contributed by atoms with Crippen molar-refractivity contribution in [2.24, 2.45) is 0 Å². The van der Waals surface area contributed by atoms with E-state index in [4.69, 9.17) is 9.47 Å². The molecule has 1 heterocycles. The molecule has 8 heteroatoms. The van der Waals surface area contributed by atoms with E-state index in [-0.39, 0.29) is 22.9 Å². The van der Waals surface area contributed by atoms with Crippen LogP contribution in [0.15, 0.2) is 36.4 Å². The number of nitro benzene ring substituents is 1. The second-order valence-corrected chi connectivity index (χ2v) is 7.56. The molecule has 0 unspecified atom stereocenters. The number of benzene rings is 2. The fourth-order valence-electron chi connectivity index (χ4n) is 3.83. The summed E-state index contributed by atoms with van der Waals surface area (Å²) in [5.41, 5.74) is 2.28. The number of methoxy groups -OCH3 is 1.